The van der Waals surface area contributed by atoms with Gasteiger partial charge in [-0.05, 0) is 31.9 Å². The second-order valence-electron chi connectivity index (χ2n) is 2.83. The summed E-state index contributed by atoms with van der Waals surface area (Å²) in [7, 11) is 0. The van der Waals surface area contributed by atoms with E-state index < -0.39 is 0 Å². The van der Waals surface area contributed by atoms with Crippen LogP contribution < -0.4 is 0 Å². The molecule has 1 N–H and O–H groups in total. The fourth-order valence-electron chi connectivity index (χ4n) is 1.18. The molecule has 0 aromatic carbocycles. The lowest BCUT2D eigenvalue weighted by Crippen LogP contribution is -1.92. The van der Waals surface area contributed by atoms with E-state index in [-0.39, 0.29) is 6.10 Å². The van der Waals surface area contributed by atoms with E-state index >= 15 is 0 Å². The fourth-order valence-corrected chi connectivity index (χ4v) is 2.28. The van der Waals surface area contributed by atoms with Crippen LogP contribution in [0.1, 0.15) is 34.8 Å². The van der Waals surface area contributed by atoms with E-state index in [2.05, 4.69) is 19.9 Å². The van der Waals surface area contributed by atoms with Crippen LogP contribution in [0.4, 0.5) is 0 Å². The fraction of sp³-hybridized carbons (Fsp3) is 0.556. The van der Waals surface area contributed by atoms with E-state index in [4.69, 9.17) is 0 Å². The molecular formula is C9H14OS. The van der Waals surface area contributed by atoms with Crippen LogP contribution in [0.15, 0.2) is 6.07 Å². The Labute approximate surface area is 71.7 Å². The van der Waals surface area contributed by atoms with Crippen LogP contribution in [0.5, 0.6) is 0 Å². The van der Waals surface area contributed by atoms with Crippen LogP contribution in [0.2, 0.25) is 0 Å². The van der Waals surface area contributed by atoms with Crippen LogP contribution in [0.3, 0.4) is 0 Å². The van der Waals surface area contributed by atoms with E-state index in [9.17, 15) is 5.11 Å². The molecule has 1 atom stereocenters. The lowest BCUT2D eigenvalue weighted by atomic mass is 10.1. The van der Waals surface area contributed by atoms with Gasteiger partial charge >= 0.3 is 0 Å². The first-order valence-corrected chi connectivity index (χ1v) is 4.71. The van der Waals surface area contributed by atoms with Crippen molar-refractivity contribution in [2.24, 2.45) is 0 Å². The van der Waals surface area contributed by atoms with E-state index in [1.54, 1.807) is 11.3 Å². The predicted molar refractivity (Wildman–Crippen MR) is 49.0 cm³/mol. The van der Waals surface area contributed by atoms with Gasteiger partial charge in [0.05, 0.1) is 6.10 Å². The summed E-state index contributed by atoms with van der Waals surface area (Å²) in [4.78, 5) is 2.41. The van der Waals surface area contributed by atoms with Gasteiger partial charge in [0.25, 0.3) is 0 Å². The van der Waals surface area contributed by atoms with Gasteiger partial charge in [-0.2, -0.15) is 0 Å². The Morgan fingerprint density at radius 3 is 2.55 bits per heavy atom. The molecule has 1 rings (SSSR count). The summed E-state index contributed by atoms with van der Waals surface area (Å²) >= 11 is 1.70. The van der Waals surface area contributed by atoms with E-state index in [1.807, 2.05) is 6.92 Å². The summed E-state index contributed by atoms with van der Waals surface area (Å²) in [6.07, 6.45) is 0.551. The SMILES string of the molecule is CC[C@H](O)c1sc(C)cc1C. The summed E-state index contributed by atoms with van der Waals surface area (Å²) in [5.41, 5.74) is 1.22. The van der Waals surface area contributed by atoms with Gasteiger partial charge in [0, 0.05) is 9.75 Å². The number of aliphatic hydroxyl groups excluding tert-OH is 1. The van der Waals surface area contributed by atoms with Gasteiger partial charge in [0.15, 0.2) is 0 Å². The van der Waals surface area contributed by atoms with Crippen molar-refractivity contribution in [1.82, 2.24) is 0 Å². The molecule has 0 amide bonds. The average Bonchev–Trinajstić information content (AvgIpc) is 2.28. The molecule has 0 fully saturated rings. The van der Waals surface area contributed by atoms with Crippen LogP contribution in [-0.4, -0.2) is 5.11 Å². The van der Waals surface area contributed by atoms with Crippen molar-refractivity contribution in [2.45, 2.75) is 33.3 Å². The molecule has 0 saturated heterocycles. The molecule has 0 unspecified atom stereocenters. The monoisotopic (exact) mass is 170 g/mol. The van der Waals surface area contributed by atoms with Crippen molar-refractivity contribution in [1.29, 1.82) is 0 Å². The topological polar surface area (TPSA) is 20.2 Å². The molecule has 1 heterocycles. The van der Waals surface area contributed by atoms with Crippen LogP contribution in [0.25, 0.3) is 0 Å². The molecule has 0 radical (unpaired) electrons. The Kier molecular flexibility index (Phi) is 2.68. The highest BCUT2D eigenvalue weighted by atomic mass is 32.1. The maximum Gasteiger partial charge on any atom is 0.0882 e. The minimum Gasteiger partial charge on any atom is -0.388 e. The first-order chi connectivity index (χ1) is 5.15. The van der Waals surface area contributed by atoms with E-state index in [0.717, 1.165) is 11.3 Å². The summed E-state index contributed by atoms with van der Waals surface area (Å²) in [5, 5.41) is 9.53. The van der Waals surface area contributed by atoms with Gasteiger partial charge in [-0.15, -0.1) is 11.3 Å². The van der Waals surface area contributed by atoms with Gasteiger partial charge in [0.1, 0.15) is 0 Å². The molecule has 1 nitrogen and oxygen atoms in total. The molecule has 0 spiro atoms. The first-order valence-electron chi connectivity index (χ1n) is 3.90. The lowest BCUT2D eigenvalue weighted by Gasteiger charge is -2.04. The molecule has 0 bridgehead atoms. The minimum absolute atomic E-state index is 0.256. The molecule has 0 saturated carbocycles. The Hall–Kier alpha value is -0.340. The Morgan fingerprint density at radius 1 is 1.55 bits per heavy atom. The standard InChI is InChI=1S/C9H14OS/c1-4-8(10)9-6(2)5-7(3)11-9/h5,8,10H,4H2,1-3H3/t8-/m0/s1. The van der Waals surface area contributed by atoms with Crippen molar-refractivity contribution >= 4 is 11.3 Å². The Morgan fingerprint density at radius 2 is 2.18 bits per heavy atom. The van der Waals surface area contributed by atoms with Gasteiger partial charge in [-0.1, -0.05) is 6.92 Å². The number of aliphatic hydroxyl groups is 1. The Bertz CT molecular complexity index is 240. The molecule has 62 valence electrons. The maximum absolute atomic E-state index is 9.53. The highest BCUT2D eigenvalue weighted by Gasteiger charge is 2.10. The van der Waals surface area contributed by atoms with Gasteiger partial charge < -0.3 is 5.11 Å². The largest absolute Gasteiger partial charge is 0.388 e. The second-order valence-corrected chi connectivity index (χ2v) is 4.12. The smallest absolute Gasteiger partial charge is 0.0882 e. The third kappa shape index (κ3) is 1.82. The van der Waals surface area contributed by atoms with Gasteiger partial charge in [-0.3, -0.25) is 0 Å². The number of rotatable bonds is 2. The highest BCUT2D eigenvalue weighted by Crippen LogP contribution is 2.28. The van der Waals surface area contributed by atoms with Gasteiger partial charge in [0.2, 0.25) is 0 Å². The number of hydrogen-bond donors (Lipinski definition) is 1. The van der Waals surface area contributed by atoms with E-state index in [0.29, 0.717) is 0 Å². The van der Waals surface area contributed by atoms with Crippen LogP contribution in [-0.2, 0) is 0 Å². The zero-order valence-corrected chi connectivity index (χ0v) is 8.03. The number of thiophene rings is 1. The maximum atomic E-state index is 9.53. The predicted octanol–water partition coefficient (Wildman–Crippen LogP) is 2.81. The van der Waals surface area contributed by atoms with E-state index in [1.165, 1.54) is 10.4 Å². The number of aryl methyl sites for hydroxylation is 2. The van der Waals surface area contributed by atoms with Crippen molar-refractivity contribution < 1.29 is 5.11 Å². The molecule has 0 aliphatic heterocycles. The normalized spacial score (nSPS) is 13.5. The third-order valence-corrected chi connectivity index (χ3v) is 3.02. The first kappa shape index (κ1) is 8.75. The lowest BCUT2D eigenvalue weighted by molar-refractivity contribution is 0.177. The quantitative estimate of drug-likeness (QED) is 0.723. The Balaban J connectivity index is 2.93. The molecule has 2 heteroatoms. The highest BCUT2D eigenvalue weighted by molar-refractivity contribution is 7.12. The van der Waals surface area contributed by atoms with Crippen LogP contribution in [0, 0.1) is 13.8 Å². The molecule has 1 aromatic rings. The van der Waals surface area contributed by atoms with Gasteiger partial charge in [-0.25, -0.2) is 0 Å². The van der Waals surface area contributed by atoms with Crippen molar-refractivity contribution in [3.8, 4) is 0 Å². The molecule has 11 heavy (non-hydrogen) atoms. The summed E-state index contributed by atoms with van der Waals surface area (Å²) in [6, 6.07) is 2.12. The molecule has 0 aliphatic rings. The zero-order valence-electron chi connectivity index (χ0n) is 7.22. The molecular weight excluding hydrogens is 156 g/mol. The van der Waals surface area contributed by atoms with Crippen LogP contribution >= 0.6 is 11.3 Å². The average molecular weight is 170 g/mol. The van der Waals surface area contributed by atoms with Crippen molar-refractivity contribution in [3.63, 3.8) is 0 Å². The summed E-state index contributed by atoms with van der Waals surface area (Å²) in [5.74, 6) is 0. The molecule has 0 aliphatic carbocycles. The zero-order chi connectivity index (χ0) is 8.43. The summed E-state index contributed by atoms with van der Waals surface area (Å²) in [6.45, 7) is 6.13. The summed E-state index contributed by atoms with van der Waals surface area (Å²) < 4.78 is 0. The van der Waals surface area contributed by atoms with Crippen molar-refractivity contribution in [2.75, 3.05) is 0 Å². The molecule has 1 aromatic heterocycles. The second kappa shape index (κ2) is 3.37. The van der Waals surface area contributed by atoms with Crippen molar-refractivity contribution in [3.05, 3.63) is 21.4 Å². The number of hydrogen-bond acceptors (Lipinski definition) is 2. The third-order valence-electron chi connectivity index (χ3n) is 1.77. The minimum atomic E-state index is -0.256.